The van der Waals surface area contributed by atoms with Crippen molar-refractivity contribution < 1.29 is 4.57 Å². The van der Waals surface area contributed by atoms with E-state index in [9.17, 15) is 0 Å². The van der Waals surface area contributed by atoms with Gasteiger partial charge in [-0.3, -0.25) is 0 Å². The SMILES string of the molecule is CCN(C)c1ccc(/C=C/c2cc[n+](CCS)cc2)cc1C. The predicted octanol–water partition coefficient (Wildman–Crippen LogP) is 3.84. The van der Waals surface area contributed by atoms with Gasteiger partial charge in [0.2, 0.25) is 0 Å². The van der Waals surface area contributed by atoms with Crippen LogP contribution < -0.4 is 9.47 Å². The molecule has 116 valence electrons. The Kier molecular flexibility index (Phi) is 6.08. The van der Waals surface area contributed by atoms with Crippen molar-refractivity contribution in [1.82, 2.24) is 0 Å². The third kappa shape index (κ3) is 4.38. The molecule has 0 saturated carbocycles. The van der Waals surface area contributed by atoms with Gasteiger partial charge in [0.15, 0.2) is 18.9 Å². The first-order chi connectivity index (χ1) is 10.6. The summed E-state index contributed by atoms with van der Waals surface area (Å²) < 4.78 is 2.14. The molecule has 0 aliphatic heterocycles. The lowest BCUT2D eigenvalue weighted by atomic mass is 10.1. The fourth-order valence-corrected chi connectivity index (χ4v) is 2.65. The second kappa shape index (κ2) is 8.04. The minimum Gasteiger partial charge on any atom is -0.375 e. The van der Waals surface area contributed by atoms with E-state index in [-0.39, 0.29) is 0 Å². The van der Waals surface area contributed by atoms with Gasteiger partial charge in [-0.05, 0) is 42.7 Å². The summed E-state index contributed by atoms with van der Waals surface area (Å²) in [6.45, 7) is 6.30. The maximum atomic E-state index is 4.25. The molecule has 1 heterocycles. The Morgan fingerprint density at radius 3 is 2.36 bits per heavy atom. The second-order valence-electron chi connectivity index (χ2n) is 5.49. The lowest BCUT2D eigenvalue weighted by Crippen LogP contribution is -2.33. The molecule has 22 heavy (non-hydrogen) atoms. The third-order valence-electron chi connectivity index (χ3n) is 3.85. The number of hydrogen-bond acceptors (Lipinski definition) is 2. The monoisotopic (exact) mass is 313 g/mol. The van der Waals surface area contributed by atoms with Crippen LogP contribution in [0.3, 0.4) is 0 Å². The Bertz CT molecular complexity index is 632. The van der Waals surface area contributed by atoms with Gasteiger partial charge in [0.1, 0.15) is 0 Å². The summed E-state index contributed by atoms with van der Waals surface area (Å²) in [5.41, 5.74) is 5.05. The lowest BCUT2D eigenvalue weighted by Gasteiger charge is -2.19. The first-order valence-electron chi connectivity index (χ1n) is 7.74. The minimum absolute atomic E-state index is 0.859. The Hall–Kier alpha value is -1.74. The molecule has 0 radical (unpaired) electrons. The van der Waals surface area contributed by atoms with Crippen LogP contribution >= 0.6 is 12.6 Å². The van der Waals surface area contributed by atoms with E-state index in [4.69, 9.17) is 0 Å². The summed E-state index contributed by atoms with van der Waals surface area (Å²) in [5, 5.41) is 0. The zero-order valence-corrected chi connectivity index (χ0v) is 14.6. The molecule has 1 aromatic carbocycles. The molecule has 2 nitrogen and oxygen atoms in total. The zero-order chi connectivity index (χ0) is 15.9. The van der Waals surface area contributed by atoms with Gasteiger partial charge in [-0.15, -0.1) is 0 Å². The number of thiol groups is 1. The first kappa shape index (κ1) is 16.6. The van der Waals surface area contributed by atoms with Gasteiger partial charge >= 0.3 is 0 Å². The van der Waals surface area contributed by atoms with E-state index >= 15 is 0 Å². The minimum atomic E-state index is 0.859. The smallest absolute Gasteiger partial charge is 0.169 e. The van der Waals surface area contributed by atoms with E-state index < -0.39 is 0 Å². The Labute approximate surface area is 139 Å². The van der Waals surface area contributed by atoms with Crippen LogP contribution in [-0.4, -0.2) is 19.3 Å². The molecular formula is C19H25N2S+. The number of rotatable bonds is 6. The molecule has 3 heteroatoms. The molecule has 0 unspecified atom stereocenters. The number of pyridine rings is 1. The van der Waals surface area contributed by atoms with Crippen molar-refractivity contribution in [2.24, 2.45) is 0 Å². The number of anilines is 1. The van der Waals surface area contributed by atoms with Gasteiger partial charge in [0, 0.05) is 37.2 Å². The van der Waals surface area contributed by atoms with Crippen LogP contribution in [0, 0.1) is 6.92 Å². The highest BCUT2D eigenvalue weighted by Gasteiger charge is 2.02. The van der Waals surface area contributed by atoms with Crippen molar-refractivity contribution in [1.29, 1.82) is 0 Å². The number of aryl methyl sites for hydroxylation is 2. The molecule has 0 aliphatic carbocycles. The number of aromatic nitrogens is 1. The predicted molar refractivity (Wildman–Crippen MR) is 99.5 cm³/mol. The average molecular weight is 313 g/mol. The standard InChI is InChI=1S/C19H24N2S/c1-4-20(3)19-8-7-18(15-16(19)2)6-5-17-9-11-21(12-10-17)13-14-22/h5-12,15H,4,13-14H2,1-3H3/p+1. The van der Waals surface area contributed by atoms with Crippen LogP contribution in [0.15, 0.2) is 42.7 Å². The van der Waals surface area contributed by atoms with Crippen LogP contribution in [0.4, 0.5) is 5.69 Å². The number of benzene rings is 1. The maximum Gasteiger partial charge on any atom is 0.169 e. The Morgan fingerprint density at radius 1 is 1.09 bits per heavy atom. The Balaban J connectivity index is 2.11. The molecule has 0 N–H and O–H groups in total. The van der Waals surface area contributed by atoms with Crippen LogP contribution in [0.25, 0.3) is 12.2 Å². The van der Waals surface area contributed by atoms with Crippen molar-refractivity contribution in [3.63, 3.8) is 0 Å². The third-order valence-corrected chi connectivity index (χ3v) is 4.05. The molecule has 0 atom stereocenters. The molecule has 2 aromatic rings. The molecule has 0 bridgehead atoms. The molecule has 0 fully saturated rings. The first-order valence-corrected chi connectivity index (χ1v) is 8.37. The molecule has 2 rings (SSSR count). The van der Waals surface area contributed by atoms with Gasteiger partial charge in [0.25, 0.3) is 0 Å². The summed E-state index contributed by atoms with van der Waals surface area (Å²) in [4.78, 5) is 2.26. The van der Waals surface area contributed by atoms with E-state index in [1.807, 2.05) is 0 Å². The fourth-order valence-electron chi connectivity index (χ4n) is 2.42. The quantitative estimate of drug-likeness (QED) is 0.628. The molecule has 0 amide bonds. The van der Waals surface area contributed by atoms with Crippen molar-refractivity contribution in [3.8, 4) is 0 Å². The lowest BCUT2D eigenvalue weighted by molar-refractivity contribution is -0.692. The highest BCUT2D eigenvalue weighted by atomic mass is 32.1. The largest absolute Gasteiger partial charge is 0.375 e. The van der Waals surface area contributed by atoms with Gasteiger partial charge in [-0.25, -0.2) is 4.57 Å². The zero-order valence-electron chi connectivity index (χ0n) is 13.7. The van der Waals surface area contributed by atoms with Crippen molar-refractivity contribution in [3.05, 3.63) is 59.4 Å². The Morgan fingerprint density at radius 2 is 1.77 bits per heavy atom. The number of nitrogens with zero attached hydrogens (tertiary/aromatic N) is 2. The summed E-state index contributed by atoms with van der Waals surface area (Å²) in [6, 6.07) is 10.9. The fraction of sp³-hybridized carbons (Fsp3) is 0.316. The normalized spacial score (nSPS) is 11.1. The summed E-state index contributed by atoms with van der Waals surface area (Å²) in [5.74, 6) is 0.859. The molecule has 0 aliphatic rings. The van der Waals surface area contributed by atoms with Gasteiger partial charge < -0.3 is 4.90 Å². The summed E-state index contributed by atoms with van der Waals surface area (Å²) >= 11 is 4.25. The van der Waals surface area contributed by atoms with Crippen molar-refractivity contribution in [2.45, 2.75) is 20.4 Å². The van der Waals surface area contributed by atoms with Crippen LogP contribution in [0.1, 0.15) is 23.6 Å². The molecule has 0 saturated heterocycles. The van der Waals surface area contributed by atoms with Crippen molar-refractivity contribution >= 4 is 30.5 Å². The topological polar surface area (TPSA) is 7.12 Å². The van der Waals surface area contributed by atoms with Crippen molar-refractivity contribution in [2.75, 3.05) is 24.2 Å². The van der Waals surface area contributed by atoms with Crippen LogP contribution in [0.5, 0.6) is 0 Å². The summed E-state index contributed by atoms with van der Waals surface area (Å²) in [6.07, 6.45) is 8.52. The van der Waals surface area contributed by atoms with Gasteiger partial charge in [0.05, 0.1) is 0 Å². The molecule has 0 spiro atoms. The van der Waals surface area contributed by atoms with E-state index in [0.717, 1.165) is 18.8 Å². The average Bonchev–Trinajstić information content (AvgIpc) is 2.54. The second-order valence-corrected chi connectivity index (χ2v) is 5.93. The van der Waals surface area contributed by atoms with Gasteiger partial charge in [-0.2, -0.15) is 12.6 Å². The van der Waals surface area contributed by atoms with E-state index in [0.29, 0.717) is 0 Å². The van der Waals surface area contributed by atoms with E-state index in [2.05, 4.69) is 97.9 Å². The van der Waals surface area contributed by atoms with E-state index in [1.54, 1.807) is 0 Å². The summed E-state index contributed by atoms with van der Waals surface area (Å²) in [7, 11) is 2.13. The molecular weight excluding hydrogens is 288 g/mol. The molecule has 1 aromatic heterocycles. The van der Waals surface area contributed by atoms with Crippen LogP contribution in [0.2, 0.25) is 0 Å². The van der Waals surface area contributed by atoms with Crippen LogP contribution in [-0.2, 0) is 6.54 Å². The highest BCUT2D eigenvalue weighted by molar-refractivity contribution is 7.80. The van der Waals surface area contributed by atoms with E-state index in [1.165, 1.54) is 22.4 Å². The number of hydrogen-bond donors (Lipinski definition) is 1. The maximum absolute atomic E-state index is 4.25. The highest BCUT2D eigenvalue weighted by Crippen LogP contribution is 2.21. The van der Waals surface area contributed by atoms with Gasteiger partial charge in [-0.1, -0.05) is 18.2 Å².